The molecule has 11 heavy (non-hydrogen) atoms. The molecule has 0 spiro atoms. The third kappa shape index (κ3) is 4.00. The summed E-state index contributed by atoms with van der Waals surface area (Å²) in [6.45, 7) is 1.60. The number of thiol groups is 1. The molecule has 0 saturated heterocycles. The van der Waals surface area contributed by atoms with Crippen LogP contribution in [-0.2, 0) is 9.59 Å². The Kier molecular flexibility index (Phi) is 4.89. The van der Waals surface area contributed by atoms with Crippen molar-refractivity contribution < 1.29 is 9.59 Å². The lowest BCUT2D eigenvalue weighted by atomic mass is 10.2. The molecule has 1 amide bonds. The van der Waals surface area contributed by atoms with E-state index < -0.39 is 18.0 Å². The molecular weight excluding hydrogens is 164 g/mol. The number of nitrogens with two attached hydrogens (primary N) is 1. The monoisotopic (exact) mass is 176 g/mol. The van der Waals surface area contributed by atoms with Crippen molar-refractivity contribution in [3.63, 3.8) is 0 Å². The van der Waals surface area contributed by atoms with Crippen LogP contribution in [0.4, 0.5) is 0 Å². The number of rotatable bonds is 5. The molecule has 0 bridgehead atoms. The minimum atomic E-state index is -0.489. The normalized spacial score (nSPS) is 15.5. The van der Waals surface area contributed by atoms with Gasteiger partial charge in [0.05, 0.1) is 12.1 Å². The Morgan fingerprint density at radius 2 is 2.36 bits per heavy atom. The Labute approximate surface area is 70.9 Å². The number of nitrogens with one attached hydrogen (secondary N) is 1. The summed E-state index contributed by atoms with van der Waals surface area (Å²) in [6, 6.07) is -0.891. The minimum absolute atomic E-state index is 0.362. The van der Waals surface area contributed by atoms with Gasteiger partial charge in [-0.3, -0.25) is 10.1 Å². The van der Waals surface area contributed by atoms with Gasteiger partial charge < -0.3 is 10.5 Å². The molecule has 0 aliphatic heterocycles. The Bertz CT molecular complexity index is 152. The largest absolute Gasteiger partial charge is 0.368 e. The molecule has 0 aromatic rings. The van der Waals surface area contributed by atoms with Gasteiger partial charge in [-0.1, -0.05) is 0 Å². The van der Waals surface area contributed by atoms with E-state index in [1.165, 1.54) is 0 Å². The summed E-state index contributed by atoms with van der Waals surface area (Å²) < 4.78 is 0. The van der Waals surface area contributed by atoms with Crippen LogP contribution in [0.25, 0.3) is 0 Å². The number of hydrogen-bond donors (Lipinski definition) is 3. The van der Waals surface area contributed by atoms with Crippen molar-refractivity contribution in [3.8, 4) is 0 Å². The fourth-order valence-corrected chi connectivity index (χ4v) is 0.730. The maximum atomic E-state index is 10.5. The number of carbonyl (C=O) groups excluding carboxylic acids is 2. The van der Waals surface area contributed by atoms with E-state index in [0.29, 0.717) is 12.0 Å². The number of primary amides is 1. The summed E-state index contributed by atoms with van der Waals surface area (Å²) in [5.74, 6) is -0.111. The average molecular weight is 176 g/mol. The molecule has 0 heterocycles. The van der Waals surface area contributed by atoms with Crippen molar-refractivity contribution in [2.24, 2.45) is 5.73 Å². The van der Waals surface area contributed by atoms with E-state index in [4.69, 9.17) is 5.73 Å². The lowest BCUT2D eigenvalue weighted by molar-refractivity contribution is -0.120. The maximum Gasteiger partial charge on any atom is 0.234 e. The SMILES string of the molecule is CC(NC(C=O)CS)C(N)=O. The van der Waals surface area contributed by atoms with Gasteiger partial charge >= 0.3 is 0 Å². The van der Waals surface area contributed by atoms with Gasteiger partial charge in [0.15, 0.2) is 0 Å². The molecule has 0 saturated carbocycles. The van der Waals surface area contributed by atoms with Gasteiger partial charge in [0, 0.05) is 5.75 Å². The molecule has 0 aromatic carbocycles. The molecule has 0 fully saturated rings. The highest BCUT2D eigenvalue weighted by Gasteiger charge is 2.12. The van der Waals surface area contributed by atoms with Gasteiger partial charge in [-0.05, 0) is 6.92 Å². The first-order chi connectivity index (χ1) is 5.11. The molecule has 5 heteroatoms. The van der Waals surface area contributed by atoms with E-state index in [9.17, 15) is 9.59 Å². The van der Waals surface area contributed by atoms with E-state index in [0.717, 1.165) is 0 Å². The van der Waals surface area contributed by atoms with Crippen LogP contribution in [0.1, 0.15) is 6.92 Å². The van der Waals surface area contributed by atoms with Gasteiger partial charge in [-0.25, -0.2) is 0 Å². The number of aldehydes is 1. The molecule has 2 unspecified atom stereocenters. The second-order valence-electron chi connectivity index (χ2n) is 2.22. The lowest BCUT2D eigenvalue weighted by Gasteiger charge is -2.13. The lowest BCUT2D eigenvalue weighted by Crippen LogP contribution is -2.46. The first-order valence-electron chi connectivity index (χ1n) is 3.23. The average Bonchev–Trinajstić information content (AvgIpc) is 1.99. The predicted octanol–water partition coefficient (Wildman–Crippen LogP) is -1.05. The minimum Gasteiger partial charge on any atom is -0.368 e. The molecule has 0 radical (unpaired) electrons. The quantitative estimate of drug-likeness (QED) is 0.369. The van der Waals surface area contributed by atoms with E-state index in [2.05, 4.69) is 17.9 Å². The summed E-state index contributed by atoms with van der Waals surface area (Å²) in [4.78, 5) is 20.7. The van der Waals surface area contributed by atoms with Crippen molar-refractivity contribution in [3.05, 3.63) is 0 Å². The van der Waals surface area contributed by atoms with Crippen LogP contribution in [0.15, 0.2) is 0 Å². The van der Waals surface area contributed by atoms with Crippen molar-refractivity contribution in [1.82, 2.24) is 5.32 Å². The second-order valence-corrected chi connectivity index (χ2v) is 2.58. The Morgan fingerprint density at radius 1 is 1.82 bits per heavy atom. The van der Waals surface area contributed by atoms with Crippen LogP contribution in [0.3, 0.4) is 0 Å². The highest BCUT2D eigenvalue weighted by atomic mass is 32.1. The van der Waals surface area contributed by atoms with E-state index >= 15 is 0 Å². The molecule has 64 valence electrons. The summed E-state index contributed by atoms with van der Waals surface area (Å²) in [6.07, 6.45) is 0.701. The molecule has 3 N–H and O–H groups in total. The van der Waals surface area contributed by atoms with Crippen LogP contribution in [-0.4, -0.2) is 30.0 Å². The smallest absolute Gasteiger partial charge is 0.234 e. The number of carbonyl (C=O) groups is 2. The van der Waals surface area contributed by atoms with Gasteiger partial charge in [-0.15, -0.1) is 0 Å². The molecule has 2 atom stereocenters. The fourth-order valence-electron chi connectivity index (χ4n) is 0.538. The predicted molar refractivity (Wildman–Crippen MR) is 45.5 cm³/mol. The van der Waals surface area contributed by atoms with Crippen molar-refractivity contribution in [2.75, 3.05) is 5.75 Å². The molecule has 0 aliphatic carbocycles. The molecule has 0 rings (SSSR count). The first kappa shape index (κ1) is 10.4. The van der Waals surface area contributed by atoms with Crippen LogP contribution >= 0.6 is 12.6 Å². The van der Waals surface area contributed by atoms with Crippen LogP contribution in [0.5, 0.6) is 0 Å². The number of amides is 1. The summed E-state index contributed by atoms with van der Waals surface area (Å²) in [7, 11) is 0. The highest BCUT2D eigenvalue weighted by Crippen LogP contribution is 1.87. The van der Waals surface area contributed by atoms with Gasteiger partial charge in [0.1, 0.15) is 6.29 Å². The van der Waals surface area contributed by atoms with Crippen molar-refractivity contribution in [1.29, 1.82) is 0 Å². The summed E-state index contributed by atoms with van der Waals surface area (Å²) >= 11 is 3.89. The van der Waals surface area contributed by atoms with Crippen molar-refractivity contribution >= 4 is 24.8 Å². The highest BCUT2D eigenvalue weighted by molar-refractivity contribution is 7.80. The third-order valence-electron chi connectivity index (χ3n) is 1.25. The molecular formula is C6H12N2O2S. The van der Waals surface area contributed by atoms with Crippen LogP contribution < -0.4 is 11.1 Å². The Morgan fingerprint density at radius 3 is 2.64 bits per heavy atom. The standard InChI is InChI=1S/C6H12N2O2S/c1-4(6(7)10)8-5(2-9)3-11/h2,4-5,8,11H,3H2,1H3,(H2,7,10). The topological polar surface area (TPSA) is 72.2 Å². The zero-order valence-corrected chi connectivity index (χ0v) is 7.17. The Balaban J connectivity index is 3.80. The molecule has 0 aromatic heterocycles. The molecule has 4 nitrogen and oxygen atoms in total. The first-order valence-corrected chi connectivity index (χ1v) is 3.86. The molecule has 0 aliphatic rings. The van der Waals surface area contributed by atoms with E-state index in [-0.39, 0.29) is 0 Å². The van der Waals surface area contributed by atoms with Crippen LogP contribution in [0, 0.1) is 0 Å². The van der Waals surface area contributed by atoms with E-state index in [1.54, 1.807) is 6.92 Å². The Hall–Kier alpha value is -0.550. The van der Waals surface area contributed by atoms with Gasteiger partial charge in [0.2, 0.25) is 5.91 Å². The number of hydrogen-bond acceptors (Lipinski definition) is 4. The summed E-state index contributed by atoms with van der Waals surface area (Å²) in [5, 5.41) is 2.70. The van der Waals surface area contributed by atoms with Gasteiger partial charge in [-0.2, -0.15) is 12.6 Å². The third-order valence-corrected chi connectivity index (χ3v) is 1.65. The second kappa shape index (κ2) is 5.15. The van der Waals surface area contributed by atoms with Crippen LogP contribution in [0.2, 0.25) is 0 Å². The van der Waals surface area contributed by atoms with Crippen molar-refractivity contribution in [2.45, 2.75) is 19.0 Å². The maximum absolute atomic E-state index is 10.5. The zero-order valence-electron chi connectivity index (χ0n) is 6.28. The summed E-state index contributed by atoms with van der Waals surface area (Å²) in [5.41, 5.74) is 4.95. The zero-order chi connectivity index (χ0) is 8.85. The van der Waals surface area contributed by atoms with E-state index in [1.807, 2.05) is 0 Å². The van der Waals surface area contributed by atoms with Gasteiger partial charge in [0.25, 0.3) is 0 Å². The fraction of sp³-hybridized carbons (Fsp3) is 0.667.